The molecule has 1 aliphatic carbocycles. The lowest BCUT2D eigenvalue weighted by Gasteiger charge is -2.15. The third-order valence-corrected chi connectivity index (χ3v) is 3.65. The molecule has 0 N–H and O–H groups in total. The molecular formula is C16H9FO. The van der Waals surface area contributed by atoms with Crippen LogP contribution in [-0.2, 0) is 0 Å². The number of ketones is 1. The van der Waals surface area contributed by atoms with Crippen molar-refractivity contribution in [3.8, 4) is 0 Å². The Bertz CT molecular complexity index is 848. The van der Waals surface area contributed by atoms with Crippen LogP contribution in [0.1, 0.15) is 10.4 Å². The lowest BCUT2D eigenvalue weighted by molar-refractivity contribution is 0.0923. The van der Waals surface area contributed by atoms with Gasteiger partial charge in [-0.25, -0.2) is 4.39 Å². The Morgan fingerprint density at radius 1 is 0.889 bits per heavy atom. The van der Waals surface area contributed by atoms with Crippen molar-refractivity contribution in [2.24, 2.45) is 0 Å². The molecule has 0 bridgehead atoms. The zero-order valence-electron chi connectivity index (χ0n) is 9.48. The number of halogens is 1. The molecule has 1 nitrogen and oxygen atoms in total. The van der Waals surface area contributed by atoms with E-state index in [1.165, 1.54) is 6.08 Å². The van der Waals surface area contributed by atoms with E-state index in [9.17, 15) is 9.18 Å². The average Bonchev–Trinajstić information content (AvgIpc) is 2.40. The van der Waals surface area contributed by atoms with Gasteiger partial charge in [0.05, 0.1) is 0 Å². The fourth-order valence-corrected chi connectivity index (χ4v) is 2.84. The van der Waals surface area contributed by atoms with Gasteiger partial charge in [-0.1, -0.05) is 42.5 Å². The standard InChI is InChI=1S/C16H9FO/c17-13-8-11-5-4-9-2-1-3-10-6-7-12(16(13)18)15(11)14(9)10/h1-8,13H. The van der Waals surface area contributed by atoms with Crippen molar-refractivity contribution in [3.63, 3.8) is 0 Å². The summed E-state index contributed by atoms with van der Waals surface area (Å²) in [6.07, 6.45) is -0.101. The molecule has 2 heteroatoms. The van der Waals surface area contributed by atoms with E-state index in [1.54, 1.807) is 6.07 Å². The number of rotatable bonds is 0. The van der Waals surface area contributed by atoms with Crippen molar-refractivity contribution in [2.45, 2.75) is 6.17 Å². The first kappa shape index (κ1) is 9.77. The normalized spacial score (nSPS) is 18.3. The molecule has 18 heavy (non-hydrogen) atoms. The molecule has 1 aliphatic rings. The van der Waals surface area contributed by atoms with Crippen LogP contribution in [0.25, 0.3) is 27.6 Å². The van der Waals surface area contributed by atoms with Crippen molar-refractivity contribution in [3.05, 3.63) is 53.2 Å². The second-order valence-corrected chi connectivity index (χ2v) is 4.65. The van der Waals surface area contributed by atoms with Crippen molar-refractivity contribution in [1.29, 1.82) is 0 Å². The third-order valence-electron chi connectivity index (χ3n) is 3.65. The fourth-order valence-electron chi connectivity index (χ4n) is 2.84. The zero-order chi connectivity index (χ0) is 12.3. The number of Topliss-reactive ketones (excluding diaryl/α,β-unsaturated/α-hetero) is 1. The topological polar surface area (TPSA) is 17.1 Å². The summed E-state index contributed by atoms with van der Waals surface area (Å²) in [5, 5.41) is 4.95. The van der Waals surface area contributed by atoms with Gasteiger partial charge in [0, 0.05) is 10.9 Å². The van der Waals surface area contributed by atoms with Gasteiger partial charge in [-0.2, -0.15) is 0 Å². The first-order chi connectivity index (χ1) is 8.75. The van der Waals surface area contributed by atoms with E-state index < -0.39 is 12.0 Å². The van der Waals surface area contributed by atoms with Crippen LogP contribution in [0.3, 0.4) is 0 Å². The molecule has 4 rings (SSSR count). The number of hydrogen-bond acceptors (Lipinski definition) is 1. The fraction of sp³-hybridized carbons (Fsp3) is 0.0625. The summed E-state index contributed by atoms with van der Waals surface area (Å²) in [7, 11) is 0. The van der Waals surface area contributed by atoms with Crippen molar-refractivity contribution in [2.75, 3.05) is 0 Å². The summed E-state index contributed by atoms with van der Waals surface area (Å²) in [6.45, 7) is 0. The molecule has 86 valence electrons. The van der Waals surface area contributed by atoms with Gasteiger partial charge in [0.15, 0.2) is 6.17 Å². The predicted octanol–water partition coefficient (Wildman–Crippen LogP) is 3.03. The lowest BCUT2D eigenvalue weighted by Crippen LogP contribution is -2.24. The Morgan fingerprint density at radius 3 is 2.39 bits per heavy atom. The molecule has 0 aromatic heterocycles. The Labute approximate surface area is 103 Å². The average molecular weight is 236 g/mol. The highest BCUT2D eigenvalue weighted by molar-refractivity contribution is 6.21. The summed E-state index contributed by atoms with van der Waals surface area (Å²) in [6, 6.07) is 13.5. The van der Waals surface area contributed by atoms with Crippen molar-refractivity contribution >= 4 is 33.4 Å². The molecule has 1 atom stereocenters. The van der Waals surface area contributed by atoms with E-state index >= 15 is 0 Å². The van der Waals surface area contributed by atoms with E-state index in [2.05, 4.69) is 0 Å². The molecular weight excluding hydrogens is 227 g/mol. The van der Waals surface area contributed by atoms with E-state index in [0.29, 0.717) is 5.56 Å². The van der Waals surface area contributed by atoms with Gasteiger partial charge in [-0.15, -0.1) is 0 Å². The monoisotopic (exact) mass is 236 g/mol. The minimum atomic E-state index is -1.51. The molecule has 0 fully saturated rings. The zero-order valence-corrected chi connectivity index (χ0v) is 9.48. The first-order valence-electron chi connectivity index (χ1n) is 5.90. The van der Waals surface area contributed by atoms with E-state index in [0.717, 1.165) is 26.8 Å². The van der Waals surface area contributed by atoms with Gasteiger partial charge in [-0.3, -0.25) is 4.79 Å². The molecule has 0 spiro atoms. The quantitative estimate of drug-likeness (QED) is 0.586. The largest absolute Gasteiger partial charge is 0.290 e. The Morgan fingerprint density at radius 2 is 1.61 bits per heavy atom. The summed E-state index contributed by atoms with van der Waals surface area (Å²) < 4.78 is 13.7. The number of carbonyl (C=O) groups excluding carboxylic acids is 1. The lowest BCUT2D eigenvalue weighted by atomic mass is 9.89. The van der Waals surface area contributed by atoms with Crippen molar-refractivity contribution in [1.82, 2.24) is 0 Å². The van der Waals surface area contributed by atoms with E-state index in [4.69, 9.17) is 0 Å². The number of alkyl halides is 1. The Kier molecular flexibility index (Phi) is 1.72. The molecule has 1 unspecified atom stereocenters. The maximum Gasteiger partial charge on any atom is 0.201 e. The van der Waals surface area contributed by atoms with Crippen LogP contribution in [0.2, 0.25) is 0 Å². The highest BCUT2D eigenvalue weighted by atomic mass is 19.1. The maximum absolute atomic E-state index is 13.7. The van der Waals surface area contributed by atoms with Crippen LogP contribution in [-0.4, -0.2) is 12.0 Å². The van der Waals surface area contributed by atoms with E-state index in [-0.39, 0.29) is 0 Å². The molecule has 0 aliphatic heterocycles. The van der Waals surface area contributed by atoms with Crippen LogP contribution in [0, 0.1) is 0 Å². The highest BCUT2D eigenvalue weighted by Crippen LogP contribution is 2.29. The van der Waals surface area contributed by atoms with Gasteiger partial charge in [0.2, 0.25) is 5.78 Å². The van der Waals surface area contributed by atoms with Gasteiger partial charge < -0.3 is 0 Å². The first-order valence-corrected chi connectivity index (χ1v) is 5.90. The van der Waals surface area contributed by atoms with Crippen LogP contribution < -0.4 is 5.22 Å². The third kappa shape index (κ3) is 1.07. The van der Waals surface area contributed by atoms with Gasteiger partial charge in [0.1, 0.15) is 0 Å². The summed E-state index contributed by atoms with van der Waals surface area (Å²) in [4.78, 5) is 11.9. The summed E-state index contributed by atoms with van der Waals surface area (Å²) >= 11 is 0. The maximum atomic E-state index is 13.7. The smallest absolute Gasteiger partial charge is 0.201 e. The predicted molar refractivity (Wildman–Crippen MR) is 70.4 cm³/mol. The van der Waals surface area contributed by atoms with Gasteiger partial charge >= 0.3 is 0 Å². The second-order valence-electron chi connectivity index (χ2n) is 4.65. The number of carbonyl (C=O) groups is 1. The minimum absolute atomic E-state index is 0.430. The number of hydrogen-bond donors (Lipinski definition) is 0. The minimum Gasteiger partial charge on any atom is -0.290 e. The Hall–Kier alpha value is -2.22. The van der Waals surface area contributed by atoms with Gasteiger partial charge in [-0.05, 0) is 27.5 Å². The van der Waals surface area contributed by atoms with E-state index in [1.807, 2.05) is 36.4 Å². The molecule has 0 heterocycles. The summed E-state index contributed by atoms with van der Waals surface area (Å²) in [5.41, 5.74) is 0.504. The van der Waals surface area contributed by atoms with Crippen LogP contribution in [0.15, 0.2) is 42.5 Å². The van der Waals surface area contributed by atoms with Crippen LogP contribution >= 0.6 is 0 Å². The van der Waals surface area contributed by atoms with Crippen molar-refractivity contribution < 1.29 is 9.18 Å². The van der Waals surface area contributed by atoms with Gasteiger partial charge in [0.25, 0.3) is 0 Å². The highest BCUT2D eigenvalue weighted by Gasteiger charge is 2.24. The molecule has 0 amide bonds. The SMILES string of the molecule is O=C1c2ccc3cccc4ccc(c2c34)=CC1F. The number of benzene rings is 3. The Balaban J connectivity index is 2.39. The van der Waals surface area contributed by atoms with Crippen LogP contribution in [0.5, 0.6) is 0 Å². The van der Waals surface area contributed by atoms with Crippen LogP contribution in [0.4, 0.5) is 4.39 Å². The molecule has 0 radical (unpaired) electrons. The second kappa shape index (κ2) is 3.16. The molecule has 0 saturated carbocycles. The molecule has 3 aromatic rings. The summed E-state index contributed by atoms with van der Waals surface area (Å²) in [5.74, 6) is -0.430. The molecule has 3 aromatic carbocycles. The molecule has 0 saturated heterocycles.